The number of carboxylic acids is 1. The number of ether oxygens (including phenoxy) is 1. The average molecular weight is 467 g/mol. The van der Waals surface area contributed by atoms with Crippen LogP contribution in [0.2, 0.25) is 5.02 Å². The van der Waals surface area contributed by atoms with Crippen molar-refractivity contribution in [3.63, 3.8) is 0 Å². The number of aromatic nitrogens is 3. The summed E-state index contributed by atoms with van der Waals surface area (Å²) in [6, 6.07) is 14.7. The molecule has 33 heavy (non-hydrogen) atoms. The third kappa shape index (κ3) is 5.32. The molecule has 0 bridgehead atoms. The van der Waals surface area contributed by atoms with E-state index in [0.29, 0.717) is 11.0 Å². The molecule has 2 aromatic carbocycles. The molecule has 0 spiro atoms. The van der Waals surface area contributed by atoms with Crippen molar-refractivity contribution >= 4 is 41.1 Å². The second-order valence-electron chi connectivity index (χ2n) is 7.41. The van der Waals surface area contributed by atoms with E-state index in [1.807, 2.05) is 42.5 Å². The van der Waals surface area contributed by atoms with Crippen LogP contribution < -0.4 is 20.5 Å². The van der Waals surface area contributed by atoms with E-state index in [1.54, 1.807) is 23.9 Å². The number of anilines is 2. The Morgan fingerprint density at radius 3 is 2.55 bits per heavy atom. The first kappa shape index (κ1) is 22.3. The second-order valence-corrected chi connectivity index (χ2v) is 7.84. The zero-order valence-corrected chi connectivity index (χ0v) is 18.5. The first-order valence-electron chi connectivity index (χ1n) is 10.3. The van der Waals surface area contributed by atoms with Crippen molar-refractivity contribution in [2.24, 2.45) is 0 Å². The molecule has 1 amide bonds. The Labute approximate surface area is 195 Å². The van der Waals surface area contributed by atoms with E-state index in [2.05, 4.69) is 20.7 Å². The van der Waals surface area contributed by atoms with Crippen molar-refractivity contribution in [2.75, 3.05) is 17.7 Å². The van der Waals surface area contributed by atoms with Gasteiger partial charge < -0.3 is 20.0 Å². The van der Waals surface area contributed by atoms with E-state index in [1.165, 1.54) is 0 Å². The number of halogens is 1. The van der Waals surface area contributed by atoms with Crippen LogP contribution in [0.4, 0.5) is 11.9 Å². The van der Waals surface area contributed by atoms with Gasteiger partial charge in [0.05, 0.1) is 7.11 Å². The quantitative estimate of drug-likeness (QED) is 0.523. The number of benzene rings is 2. The van der Waals surface area contributed by atoms with Crippen LogP contribution in [0.25, 0.3) is 5.70 Å². The highest BCUT2D eigenvalue weighted by atomic mass is 35.5. The molecule has 1 atom stereocenters. The number of aliphatic carboxylic acids is 1. The Morgan fingerprint density at radius 2 is 1.88 bits per heavy atom. The molecule has 0 saturated heterocycles. The summed E-state index contributed by atoms with van der Waals surface area (Å²) < 4.78 is 6.94. The highest BCUT2D eigenvalue weighted by molar-refractivity contribution is 6.30. The lowest BCUT2D eigenvalue weighted by Gasteiger charge is -2.24. The van der Waals surface area contributed by atoms with Gasteiger partial charge in [0, 0.05) is 23.1 Å². The molecule has 4 rings (SSSR count). The van der Waals surface area contributed by atoms with Gasteiger partial charge in [-0.25, -0.2) is 4.68 Å². The van der Waals surface area contributed by atoms with Gasteiger partial charge in [-0.3, -0.25) is 10.1 Å². The fourth-order valence-electron chi connectivity index (χ4n) is 3.46. The topological polar surface area (TPSA) is 121 Å². The Morgan fingerprint density at radius 1 is 1.15 bits per heavy atom. The van der Waals surface area contributed by atoms with Gasteiger partial charge in [0.2, 0.25) is 11.9 Å². The van der Waals surface area contributed by atoms with Gasteiger partial charge in [-0.15, -0.1) is 5.10 Å². The number of amides is 1. The molecule has 0 aliphatic carbocycles. The minimum absolute atomic E-state index is 0.0292. The van der Waals surface area contributed by atoms with E-state index in [9.17, 15) is 14.7 Å². The molecule has 0 radical (unpaired) electrons. The van der Waals surface area contributed by atoms with Crippen LogP contribution in [0, 0.1) is 0 Å². The summed E-state index contributed by atoms with van der Waals surface area (Å²) >= 11 is 6.04. The first-order chi connectivity index (χ1) is 15.9. The van der Waals surface area contributed by atoms with Gasteiger partial charge in [0.25, 0.3) is 5.95 Å². The molecule has 9 nitrogen and oxygen atoms in total. The third-order valence-electron chi connectivity index (χ3n) is 5.11. The summed E-state index contributed by atoms with van der Waals surface area (Å²) in [5, 5.41) is 21.5. The van der Waals surface area contributed by atoms with Gasteiger partial charge >= 0.3 is 0 Å². The normalized spacial score (nSPS) is 14.6. The standard InChI is InChI=1S/C23H22ClN5O4/c1-33-17-11-7-15(8-12-17)19-13-18(14-5-9-16(24)10-6-14)25-23-27-22(28-29(19)23)26-20(30)3-2-4-21(31)32/h5-13,19H,2-4H2,1H3,(H,31,32)(H2,25,26,27,28,30)/p-1/t19-/m0/s1. The number of methoxy groups -OCH3 is 1. The highest BCUT2D eigenvalue weighted by Crippen LogP contribution is 2.34. The SMILES string of the molecule is COc1ccc([C@@H]2C=C(c3ccc(Cl)cc3)Nc3nc(NC(=O)CCCC(=O)[O-])nn32)cc1. The summed E-state index contributed by atoms with van der Waals surface area (Å²) in [6.45, 7) is 0. The maximum Gasteiger partial charge on any atom is 0.250 e. The summed E-state index contributed by atoms with van der Waals surface area (Å²) in [5.74, 6) is -0.247. The summed E-state index contributed by atoms with van der Waals surface area (Å²) in [7, 11) is 1.61. The van der Waals surface area contributed by atoms with Crippen molar-refractivity contribution in [2.45, 2.75) is 25.3 Å². The Bertz CT molecular complexity index is 1190. The number of carbonyl (C=O) groups is 2. The van der Waals surface area contributed by atoms with Crippen LogP contribution in [0.5, 0.6) is 5.75 Å². The molecule has 1 aromatic heterocycles. The Balaban J connectivity index is 1.62. The molecule has 3 aromatic rings. The number of hydrogen-bond donors (Lipinski definition) is 2. The number of carboxylic acid groups (broad SMARTS) is 1. The fraction of sp³-hybridized carbons (Fsp3) is 0.217. The van der Waals surface area contributed by atoms with E-state index in [-0.39, 0.29) is 37.2 Å². The molecule has 10 heteroatoms. The van der Waals surface area contributed by atoms with Gasteiger partial charge in [-0.1, -0.05) is 35.9 Å². The molecule has 1 aliphatic heterocycles. The molecule has 0 saturated carbocycles. The molecular formula is C23H21ClN5O4-. The molecular weight excluding hydrogens is 446 g/mol. The second kappa shape index (κ2) is 9.74. The van der Waals surface area contributed by atoms with Crippen molar-refractivity contribution in [3.05, 3.63) is 70.8 Å². The first-order valence-corrected chi connectivity index (χ1v) is 10.7. The number of hydrogen-bond acceptors (Lipinski definition) is 7. The molecule has 2 N–H and O–H groups in total. The van der Waals surface area contributed by atoms with Crippen molar-refractivity contribution in [1.82, 2.24) is 14.8 Å². The molecule has 1 aliphatic rings. The summed E-state index contributed by atoms with van der Waals surface area (Å²) in [4.78, 5) is 27.1. The van der Waals surface area contributed by atoms with Crippen LogP contribution >= 0.6 is 11.6 Å². The number of carbonyl (C=O) groups excluding carboxylic acids is 2. The third-order valence-corrected chi connectivity index (χ3v) is 5.37. The number of allylic oxidation sites excluding steroid dienone is 1. The van der Waals surface area contributed by atoms with Crippen LogP contribution in [0.3, 0.4) is 0 Å². The maximum absolute atomic E-state index is 12.2. The van der Waals surface area contributed by atoms with E-state index in [0.717, 1.165) is 22.6 Å². The molecule has 170 valence electrons. The van der Waals surface area contributed by atoms with Crippen molar-refractivity contribution < 1.29 is 19.4 Å². The van der Waals surface area contributed by atoms with E-state index in [4.69, 9.17) is 16.3 Å². The monoisotopic (exact) mass is 466 g/mol. The summed E-state index contributed by atoms with van der Waals surface area (Å²) in [5.41, 5.74) is 2.68. The minimum Gasteiger partial charge on any atom is -0.550 e. The Hall–Kier alpha value is -3.85. The lowest BCUT2D eigenvalue weighted by Crippen LogP contribution is -2.22. The van der Waals surface area contributed by atoms with Crippen LogP contribution in [-0.2, 0) is 9.59 Å². The van der Waals surface area contributed by atoms with Crippen molar-refractivity contribution in [1.29, 1.82) is 0 Å². The van der Waals surface area contributed by atoms with Gasteiger partial charge in [-0.2, -0.15) is 4.98 Å². The van der Waals surface area contributed by atoms with Gasteiger partial charge in [-0.05, 0) is 54.3 Å². The Kier molecular flexibility index (Phi) is 6.60. The van der Waals surface area contributed by atoms with Crippen LogP contribution in [0.1, 0.15) is 36.4 Å². The summed E-state index contributed by atoms with van der Waals surface area (Å²) in [6.07, 6.45) is 2.03. The fourth-order valence-corrected chi connectivity index (χ4v) is 3.59. The highest BCUT2D eigenvalue weighted by Gasteiger charge is 2.26. The van der Waals surface area contributed by atoms with E-state index < -0.39 is 5.97 Å². The van der Waals surface area contributed by atoms with E-state index >= 15 is 0 Å². The number of nitrogens with zero attached hydrogens (tertiary/aromatic N) is 3. The van der Waals surface area contributed by atoms with Gasteiger partial charge in [0.15, 0.2) is 0 Å². The number of nitrogens with one attached hydrogen (secondary N) is 2. The molecule has 0 unspecified atom stereocenters. The lowest BCUT2D eigenvalue weighted by molar-refractivity contribution is -0.305. The van der Waals surface area contributed by atoms with Gasteiger partial charge in [0.1, 0.15) is 11.8 Å². The van der Waals surface area contributed by atoms with Crippen LogP contribution in [-0.4, -0.2) is 33.8 Å². The predicted molar refractivity (Wildman–Crippen MR) is 122 cm³/mol. The van der Waals surface area contributed by atoms with Crippen LogP contribution in [0.15, 0.2) is 54.6 Å². The number of fused-ring (bicyclic) bond motifs is 1. The zero-order chi connectivity index (χ0) is 23.4. The smallest absolute Gasteiger partial charge is 0.250 e. The number of rotatable bonds is 8. The predicted octanol–water partition coefficient (Wildman–Crippen LogP) is 2.85. The molecule has 0 fully saturated rings. The average Bonchev–Trinajstić information content (AvgIpc) is 3.21. The lowest BCUT2D eigenvalue weighted by atomic mass is 10.0. The zero-order valence-electron chi connectivity index (χ0n) is 17.7. The van der Waals surface area contributed by atoms with Crippen molar-refractivity contribution in [3.8, 4) is 5.75 Å². The molecule has 2 heterocycles. The minimum atomic E-state index is -1.19. The maximum atomic E-state index is 12.2. The largest absolute Gasteiger partial charge is 0.550 e.